The van der Waals surface area contributed by atoms with Crippen molar-refractivity contribution >= 4 is 35.1 Å². The molecule has 1 aliphatic rings. The van der Waals surface area contributed by atoms with Gasteiger partial charge in [0.2, 0.25) is 0 Å². The van der Waals surface area contributed by atoms with Gasteiger partial charge in [-0.3, -0.25) is 14.5 Å². The van der Waals surface area contributed by atoms with Gasteiger partial charge in [0.1, 0.15) is 16.5 Å². The first-order valence-electron chi connectivity index (χ1n) is 10.8. The minimum Gasteiger partial charge on any atom is -0.423 e. The van der Waals surface area contributed by atoms with Crippen LogP contribution >= 0.6 is 11.6 Å². The lowest BCUT2D eigenvalue weighted by Gasteiger charge is -2.15. The van der Waals surface area contributed by atoms with Gasteiger partial charge >= 0.3 is 5.97 Å². The SMILES string of the molecule is CC(C)c1ccc(OC(=O)c2ccc(NC3=C(Cl)C(=O)N(Cc4ccccc4)C3=O)cc2)cc1. The molecule has 1 N–H and O–H groups in total. The van der Waals surface area contributed by atoms with Crippen molar-refractivity contribution in [1.29, 1.82) is 0 Å². The van der Waals surface area contributed by atoms with Gasteiger partial charge in [0.25, 0.3) is 11.8 Å². The van der Waals surface area contributed by atoms with Crippen LogP contribution in [0, 0.1) is 0 Å². The number of carbonyl (C=O) groups is 3. The van der Waals surface area contributed by atoms with E-state index in [0.717, 1.165) is 16.0 Å². The Morgan fingerprint density at radius 1 is 0.912 bits per heavy atom. The summed E-state index contributed by atoms with van der Waals surface area (Å²) in [5.74, 6) is -0.709. The fourth-order valence-electron chi connectivity index (χ4n) is 3.49. The number of rotatable bonds is 7. The lowest BCUT2D eigenvalue weighted by molar-refractivity contribution is -0.138. The molecule has 7 heteroatoms. The molecule has 0 radical (unpaired) electrons. The highest BCUT2D eigenvalue weighted by Crippen LogP contribution is 2.27. The van der Waals surface area contributed by atoms with Crippen LogP contribution in [-0.2, 0) is 16.1 Å². The molecule has 6 nitrogen and oxygen atoms in total. The number of anilines is 1. The van der Waals surface area contributed by atoms with E-state index in [0.29, 0.717) is 22.9 Å². The van der Waals surface area contributed by atoms with Crippen molar-refractivity contribution in [2.45, 2.75) is 26.3 Å². The zero-order valence-corrected chi connectivity index (χ0v) is 19.5. The van der Waals surface area contributed by atoms with E-state index in [1.54, 1.807) is 36.4 Å². The van der Waals surface area contributed by atoms with E-state index in [2.05, 4.69) is 19.2 Å². The summed E-state index contributed by atoms with van der Waals surface area (Å²) in [4.78, 5) is 38.9. The summed E-state index contributed by atoms with van der Waals surface area (Å²) in [6.07, 6.45) is 0. The van der Waals surface area contributed by atoms with E-state index in [1.807, 2.05) is 42.5 Å². The van der Waals surface area contributed by atoms with Crippen LogP contribution in [0.5, 0.6) is 5.75 Å². The Kier molecular flexibility index (Phi) is 6.80. The average molecular weight is 475 g/mol. The van der Waals surface area contributed by atoms with E-state index in [1.165, 1.54) is 0 Å². The van der Waals surface area contributed by atoms with Gasteiger partial charge in [0, 0.05) is 5.69 Å². The number of nitrogens with zero attached hydrogens (tertiary/aromatic N) is 1. The third-order valence-corrected chi connectivity index (χ3v) is 5.79. The topological polar surface area (TPSA) is 75.7 Å². The molecule has 1 aliphatic heterocycles. The van der Waals surface area contributed by atoms with Crippen LogP contribution in [0.3, 0.4) is 0 Å². The van der Waals surface area contributed by atoms with E-state index in [4.69, 9.17) is 16.3 Å². The predicted molar refractivity (Wildman–Crippen MR) is 130 cm³/mol. The van der Waals surface area contributed by atoms with Crippen LogP contribution in [0.25, 0.3) is 0 Å². The summed E-state index contributed by atoms with van der Waals surface area (Å²) >= 11 is 6.17. The molecular weight excluding hydrogens is 452 g/mol. The highest BCUT2D eigenvalue weighted by molar-refractivity contribution is 6.48. The van der Waals surface area contributed by atoms with Crippen molar-refractivity contribution in [3.8, 4) is 5.75 Å². The first-order valence-corrected chi connectivity index (χ1v) is 11.2. The van der Waals surface area contributed by atoms with Gasteiger partial charge < -0.3 is 10.1 Å². The number of halogens is 1. The molecule has 172 valence electrons. The van der Waals surface area contributed by atoms with Crippen molar-refractivity contribution in [2.75, 3.05) is 5.32 Å². The Labute approximate surface area is 202 Å². The van der Waals surface area contributed by atoms with Crippen LogP contribution < -0.4 is 10.1 Å². The maximum absolute atomic E-state index is 12.8. The van der Waals surface area contributed by atoms with Crippen LogP contribution in [0.2, 0.25) is 0 Å². The molecule has 0 atom stereocenters. The predicted octanol–water partition coefficient (Wildman–Crippen LogP) is 5.46. The molecule has 2 amide bonds. The molecular formula is C27H23ClN2O4. The zero-order chi connectivity index (χ0) is 24.2. The second-order valence-electron chi connectivity index (χ2n) is 8.19. The summed E-state index contributed by atoms with van der Waals surface area (Å²) < 4.78 is 5.43. The van der Waals surface area contributed by atoms with E-state index < -0.39 is 17.8 Å². The van der Waals surface area contributed by atoms with Gasteiger partial charge in [0.05, 0.1) is 12.1 Å². The van der Waals surface area contributed by atoms with Crippen molar-refractivity contribution in [3.05, 3.63) is 106 Å². The number of imide groups is 1. The van der Waals surface area contributed by atoms with Crippen molar-refractivity contribution in [1.82, 2.24) is 4.90 Å². The second kappa shape index (κ2) is 9.93. The fourth-order valence-corrected chi connectivity index (χ4v) is 3.72. The Bertz CT molecular complexity index is 1250. The number of hydrogen-bond donors (Lipinski definition) is 1. The van der Waals surface area contributed by atoms with Gasteiger partial charge in [-0.15, -0.1) is 0 Å². The molecule has 0 saturated heterocycles. The number of hydrogen-bond acceptors (Lipinski definition) is 5. The molecule has 4 rings (SSSR count). The quantitative estimate of drug-likeness (QED) is 0.279. The number of nitrogens with one attached hydrogen (secondary N) is 1. The third kappa shape index (κ3) is 5.02. The first kappa shape index (κ1) is 23.3. The smallest absolute Gasteiger partial charge is 0.343 e. The van der Waals surface area contributed by atoms with Crippen LogP contribution in [0.1, 0.15) is 41.3 Å². The number of carbonyl (C=O) groups excluding carboxylic acids is 3. The second-order valence-corrected chi connectivity index (χ2v) is 8.56. The summed E-state index contributed by atoms with van der Waals surface area (Å²) in [6, 6.07) is 23.0. The molecule has 0 spiro atoms. The fraction of sp³-hybridized carbons (Fsp3) is 0.148. The van der Waals surface area contributed by atoms with E-state index >= 15 is 0 Å². The lowest BCUT2D eigenvalue weighted by atomic mass is 10.0. The van der Waals surface area contributed by atoms with Gasteiger partial charge in [0.15, 0.2) is 0 Å². The highest BCUT2D eigenvalue weighted by Gasteiger charge is 2.37. The normalized spacial score (nSPS) is 13.6. The first-order chi connectivity index (χ1) is 16.3. The monoisotopic (exact) mass is 474 g/mol. The molecule has 3 aromatic rings. The third-order valence-electron chi connectivity index (χ3n) is 5.44. The van der Waals surface area contributed by atoms with Crippen LogP contribution in [0.15, 0.2) is 89.6 Å². The summed E-state index contributed by atoms with van der Waals surface area (Å²) in [6.45, 7) is 4.31. The number of ether oxygens (including phenoxy) is 1. The highest BCUT2D eigenvalue weighted by atomic mass is 35.5. The van der Waals surface area contributed by atoms with Crippen molar-refractivity contribution in [3.63, 3.8) is 0 Å². The van der Waals surface area contributed by atoms with Gasteiger partial charge in [-0.25, -0.2) is 4.79 Å². The maximum atomic E-state index is 12.8. The van der Waals surface area contributed by atoms with Gasteiger partial charge in [-0.2, -0.15) is 0 Å². The van der Waals surface area contributed by atoms with Crippen molar-refractivity contribution < 1.29 is 19.1 Å². The molecule has 1 heterocycles. The zero-order valence-electron chi connectivity index (χ0n) is 18.7. The molecule has 0 aliphatic carbocycles. The molecule has 34 heavy (non-hydrogen) atoms. The minimum absolute atomic E-state index is 0.00293. The molecule has 0 fully saturated rings. The van der Waals surface area contributed by atoms with E-state index in [9.17, 15) is 14.4 Å². The van der Waals surface area contributed by atoms with Crippen molar-refractivity contribution in [2.24, 2.45) is 0 Å². The molecule has 0 aromatic heterocycles. The standard InChI is InChI=1S/C27H23ClN2O4/c1-17(2)19-10-14-22(15-11-19)34-27(33)20-8-12-21(13-9-20)29-24-23(28)25(31)30(26(24)32)16-18-6-4-3-5-7-18/h3-15,17,29H,16H2,1-2H3. The van der Waals surface area contributed by atoms with Crippen LogP contribution in [0.4, 0.5) is 5.69 Å². The number of esters is 1. The maximum Gasteiger partial charge on any atom is 0.343 e. The Morgan fingerprint density at radius 2 is 1.56 bits per heavy atom. The lowest BCUT2D eigenvalue weighted by Crippen LogP contribution is -2.31. The molecule has 3 aromatic carbocycles. The molecule has 0 saturated carbocycles. The van der Waals surface area contributed by atoms with Crippen LogP contribution in [-0.4, -0.2) is 22.7 Å². The Balaban J connectivity index is 1.41. The summed E-state index contributed by atoms with van der Waals surface area (Å²) in [5, 5.41) is 2.73. The molecule has 0 bridgehead atoms. The molecule has 0 unspecified atom stereocenters. The average Bonchev–Trinajstić information content (AvgIpc) is 3.04. The Morgan fingerprint density at radius 3 is 2.18 bits per heavy atom. The van der Waals surface area contributed by atoms with E-state index in [-0.39, 0.29) is 17.3 Å². The minimum atomic E-state index is -0.554. The number of benzene rings is 3. The summed E-state index contributed by atoms with van der Waals surface area (Å²) in [7, 11) is 0. The Hall–Kier alpha value is -3.90. The van der Waals surface area contributed by atoms with Gasteiger partial charge in [-0.05, 0) is 53.4 Å². The van der Waals surface area contributed by atoms with Gasteiger partial charge in [-0.1, -0.05) is 67.9 Å². The largest absolute Gasteiger partial charge is 0.423 e. The summed E-state index contributed by atoms with van der Waals surface area (Å²) in [5.41, 5.74) is 2.83. The number of amides is 2.